The number of nitrogens with two attached hydrogens (primary N) is 1. The lowest BCUT2D eigenvalue weighted by Gasteiger charge is -1.88. The smallest absolute Gasteiger partial charge is 0.248 e. The van der Waals surface area contributed by atoms with E-state index in [1.165, 1.54) is 6.08 Å². The van der Waals surface area contributed by atoms with Crippen molar-refractivity contribution in [3.05, 3.63) is 24.3 Å². The van der Waals surface area contributed by atoms with Crippen molar-refractivity contribution in [3.8, 4) is 0 Å². The second kappa shape index (κ2) is 3.02. The van der Waals surface area contributed by atoms with Crippen LogP contribution in [0.15, 0.2) is 24.3 Å². The lowest BCUT2D eigenvalue weighted by atomic mass is 10.2. The van der Waals surface area contributed by atoms with Gasteiger partial charge in [0.2, 0.25) is 5.91 Å². The molecule has 0 aliphatic carbocycles. The molecule has 0 aromatic rings. The Morgan fingerprint density at radius 2 is 2.25 bits per heavy atom. The minimum atomic E-state index is -0.428. The van der Waals surface area contributed by atoms with Crippen molar-refractivity contribution in [2.75, 3.05) is 0 Å². The van der Waals surface area contributed by atoms with Crippen LogP contribution in [-0.4, -0.2) is 5.91 Å². The first-order valence-electron chi connectivity index (χ1n) is 2.31. The van der Waals surface area contributed by atoms with E-state index < -0.39 is 5.91 Å². The average molecular weight is 111 g/mol. The van der Waals surface area contributed by atoms with Crippen LogP contribution in [-0.2, 0) is 4.79 Å². The fraction of sp³-hybridized carbons (Fsp3) is 0.167. The number of carbonyl (C=O) groups excluding carboxylic acids is 1. The molecule has 0 aromatic heterocycles. The largest absolute Gasteiger partial charge is 0.366 e. The van der Waals surface area contributed by atoms with Crippen molar-refractivity contribution < 1.29 is 4.79 Å². The molecular formula is C6H9NO. The van der Waals surface area contributed by atoms with Gasteiger partial charge in [-0.2, -0.15) is 0 Å². The highest BCUT2D eigenvalue weighted by molar-refractivity contribution is 5.94. The van der Waals surface area contributed by atoms with E-state index >= 15 is 0 Å². The average Bonchev–Trinajstić information content (AvgIpc) is 1.69. The summed E-state index contributed by atoms with van der Waals surface area (Å²) >= 11 is 0. The van der Waals surface area contributed by atoms with E-state index in [2.05, 4.69) is 6.58 Å². The normalized spacial score (nSPS) is 10.9. The van der Waals surface area contributed by atoms with Crippen LogP contribution in [0.4, 0.5) is 0 Å². The zero-order chi connectivity index (χ0) is 6.57. The van der Waals surface area contributed by atoms with Crippen LogP contribution >= 0.6 is 0 Å². The van der Waals surface area contributed by atoms with Crippen LogP contribution in [0.5, 0.6) is 0 Å². The summed E-state index contributed by atoms with van der Waals surface area (Å²) in [6.45, 7) is 5.12. The standard InChI is InChI=1S/C6H9NO/c1-3-5(4-2)6(7)8/h3-4H,1H2,2H3,(H2,7,8). The number of hydrogen-bond acceptors (Lipinski definition) is 1. The highest BCUT2D eigenvalue weighted by atomic mass is 16.1. The van der Waals surface area contributed by atoms with Gasteiger partial charge in [-0.3, -0.25) is 4.79 Å². The van der Waals surface area contributed by atoms with E-state index in [1.807, 2.05) is 0 Å². The van der Waals surface area contributed by atoms with Crippen molar-refractivity contribution in [2.45, 2.75) is 6.92 Å². The third kappa shape index (κ3) is 1.60. The highest BCUT2D eigenvalue weighted by Gasteiger charge is 1.93. The summed E-state index contributed by atoms with van der Waals surface area (Å²) in [5.41, 5.74) is 5.34. The monoisotopic (exact) mass is 111 g/mol. The molecule has 0 unspecified atom stereocenters. The van der Waals surface area contributed by atoms with Gasteiger partial charge in [-0.15, -0.1) is 0 Å². The van der Waals surface area contributed by atoms with Crippen molar-refractivity contribution in [2.24, 2.45) is 5.73 Å². The van der Waals surface area contributed by atoms with Crippen molar-refractivity contribution in [3.63, 3.8) is 0 Å². The van der Waals surface area contributed by atoms with E-state index in [-0.39, 0.29) is 0 Å². The molecule has 0 bridgehead atoms. The fourth-order valence-corrected chi connectivity index (χ4v) is 0.361. The topological polar surface area (TPSA) is 43.1 Å². The number of allylic oxidation sites excluding steroid dienone is 1. The quantitative estimate of drug-likeness (QED) is 0.411. The predicted octanol–water partition coefficient (Wildman–Crippen LogP) is 0.604. The van der Waals surface area contributed by atoms with Gasteiger partial charge >= 0.3 is 0 Å². The van der Waals surface area contributed by atoms with Gasteiger partial charge in [0.05, 0.1) is 0 Å². The molecule has 2 nitrogen and oxygen atoms in total. The molecule has 1 amide bonds. The third-order valence-electron chi connectivity index (χ3n) is 0.815. The third-order valence-corrected chi connectivity index (χ3v) is 0.815. The SMILES string of the molecule is C=CC(=CC)C(N)=O. The molecule has 0 atom stereocenters. The molecule has 2 N–H and O–H groups in total. The van der Waals surface area contributed by atoms with Crippen LogP contribution in [0.3, 0.4) is 0 Å². The molecule has 2 heteroatoms. The molecular weight excluding hydrogens is 102 g/mol. The second-order valence-electron chi connectivity index (χ2n) is 1.31. The number of primary amides is 1. The highest BCUT2D eigenvalue weighted by Crippen LogP contribution is 1.90. The van der Waals surface area contributed by atoms with Crippen molar-refractivity contribution in [1.29, 1.82) is 0 Å². The van der Waals surface area contributed by atoms with E-state index in [9.17, 15) is 4.79 Å². The Morgan fingerprint density at radius 1 is 1.75 bits per heavy atom. The van der Waals surface area contributed by atoms with E-state index in [0.717, 1.165) is 0 Å². The van der Waals surface area contributed by atoms with Gasteiger partial charge in [-0.1, -0.05) is 18.7 Å². The van der Waals surface area contributed by atoms with Crippen LogP contribution in [0, 0.1) is 0 Å². The molecule has 0 aliphatic rings. The summed E-state index contributed by atoms with van der Waals surface area (Å²) in [5, 5.41) is 0. The maximum Gasteiger partial charge on any atom is 0.248 e. The maximum absolute atomic E-state index is 10.2. The van der Waals surface area contributed by atoms with Crippen LogP contribution in [0.25, 0.3) is 0 Å². The number of rotatable bonds is 2. The lowest BCUT2D eigenvalue weighted by molar-refractivity contribution is -0.114. The molecule has 0 aromatic carbocycles. The fourth-order valence-electron chi connectivity index (χ4n) is 0.361. The molecule has 0 rings (SSSR count). The van der Waals surface area contributed by atoms with Gasteiger partial charge < -0.3 is 5.73 Å². The van der Waals surface area contributed by atoms with Gasteiger partial charge in [0.15, 0.2) is 0 Å². The van der Waals surface area contributed by atoms with E-state index in [4.69, 9.17) is 5.73 Å². The molecule has 44 valence electrons. The minimum absolute atomic E-state index is 0.428. The predicted molar refractivity (Wildman–Crippen MR) is 33.1 cm³/mol. The maximum atomic E-state index is 10.2. The van der Waals surface area contributed by atoms with Crippen LogP contribution < -0.4 is 5.73 Å². The first-order valence-corrected chi connectivity index (χ1v) is 2.31. The minimum Gasteiger partial charge on any atom is -0.366 e. The Morgan fingerprint density at radius 3 is 2.25 bits per heavy atom. The van der Waals surface area contributed by atoms with Gasteiger partial charge in [0.25, 0.3) is 0 Å². The Kier molecular flexibility index (Phi) is 2.62. The van der Waals surface area contributed by atoms with Crippen molar-refractivity contribution in [1.82, 2.24) is 0 Å². The van der Waals surface area contributed by atoms with Crippen LogP contribution in [0.2, 0.25) is 0 Å². The Bertz CT molecular complexity index is 135. The molecule has 0 spiro atoms. The Labute approximate surface area is 48.7 Å². The molecule has 0 radical (unpaired) electrons. The molecule has 8 heavy (non-hydrogen) atoms. The first kappa shape index (κ1) is 6.95. The Balaban J connectivity index is 4.13. The Hall–Kier alpha value is -1.05. The van der Waals surface area contributed by atoms with Gasteiger partial charge in [-0.25, -0.2) is 0 Å². The van der Waals surface area contributed by atoms with Gasteiger partial charge in [0, 0.05) is 5.57 Å². The lowest BCUT2D eigenvalue weighted by Crippen LogP contribution is -2.11. The molecule has 0 fully saturated rings. The molecule has 0 aliphatic heterocycles. The number of amides is 1. The van der Waals surface area contributed by atoms with Crippen LogP contribution in [0.1, 0.15) is 6.92 Å². The summed E-state index contributed by atoms with van der Waals surface area (Å²) in [5.74, 6) is -0.428. The molecule has 0 heterocycles. The second-order valence-corrected chi connectivity index (χ2v) is 1.31. The van der Waals surface area contributed by atoms with Crippen molar-refractivity contribution >= 4 is 5.91 Å². The zero-order valence-electron chi connectivity index (χ0n) is 4.85. The van der Waals surface area contributed by atoms with E-state index in [0.29, 0.717) is 5.57 Å². The zero-order valence-corrected chi connectivity index (χ0v) is 4.85. The number of carbonyl (C=O) groups is 1. The number of hydrogen-bond donors (Lipinski definition) is 1. The summed E-state index contributed by atoms with van der Waals surface area (Å²) in [6.07, 6.45) is 3.05. The van der Waals surface area contributed by atoms with Gasteiger partial charge in [0.1, 0.15) is 0 Å². The summed E-state index contributed by atoms with van der Waals surface area (Å²) in [6, 6.07) is 0. The first-order chi connectivity index (χ1) is 3.72. The summed E-state index contributed by atoms with van der Waals surface area (Å²) in [4.78, 5) is 10.2. The van der Waals surface area contributed by atoms with Gasteiger partial charge in [-0.05, 0) is 6.92 Å². The summed E-state index contributed by atoms with van der Waals surface area (Å²) in [7, 11) is 0. The molecule has 0 saturated heterocycles. The summed E-state index contributed by atoms with van der Waals surface area (Å²) < 4.78 is 0. The molecule has 0 saturated carbocycles. The van der Waals surface area contributed by atoms with E-state index in [1.54, 1.807) is 13.0 Å².